The maximum Gasteiger partial charge on any atom is 0.276 e. The number of carbonyl (C=O) groups is 2. The SMILES string of the molecule is O=C(NC1CCCC1)[C@H](c1ccncc1)N(Cc1cccs1)C(=O)c1csnn1. The van der Waals surface area contributed by atoms with Gasteiger partial charge in [-0.2, -0.15) is 0 Å². The summed E-state index contributed by atoms with van der Waals surface area (Å²) in [5, 5.41) is 10.7. The summed E-state index contributed by atoms with van der Waals surface area (Å²) in [5.41, 5.74) is 0.975. The first-order chi connectivity index (χ1) is 14.2. The van der Waals surface area contributed by atoms with Gasteiger partial charge in [-0.1, -0.05) is 23.4 Å². The highest BCUT2D eigenvalue weighted by Crippen LogP contribution is 2.28. The number of hydrogen-bond donors (Lipinski definition) is 1. The van der Waals surface area contributed by atoms with E-state index in [4.69, 9.17) is 0 Å². The number of thiophene rings is 1. The van der Waals surface area contributed by atoms with Crippen LogP contribution in [0.1, 0.15) is 52.7 Å². The quantitative estimate of drug-likeness (QED) is 0.624. The van der Waals surface area contributed by atoms with Gasteiger partial charge in [-0.05, 0) is 53.5 Å². The first-order valence-electron chi connectivity index (χ1n) is 9.53. The van der Waals surface area contributed by atoms with E-state index in [0.717, 1.165) is 47.7 Å². The van der Waals surface area contributed by atoms with Crippen LogP contribution in [0.5, 0.6) is 0 Å². The summed E-state index contributed by atoms with van der Waals surface area (Å²) >= 11 is 2.67. The molecule has 1 aliphatic rings. The normalized spacial score (nSPS) is 15.2. The smallest absolute Gasteiger partial charge is 0.276 e. The molecule has 3 heterocycles. The number of hydrogen-bond acceptors (Lipinski definition) is 7. The largest absolute Gasteiger partial charge is 0.351 e. The van der Waals surface area contributed by atoms with Gasteiger partial charge >= 0.3 is 0 Å². The Bertz CT molecular complexity index is 925. The van der Waals surface area contributed by atoms with Gasteiger partial charge in [0.15, 0.2) is 5.69 Å². The molecular weight excluding hydrogens is 406 g/mol. The Morgan fingerprint density at radius 2 is 2.00 bits per heavy atom. The Morgan fingerprint density at radius 1 is 1.21 bits per heavy atom. The minimum atomic E-state index is -0.769. The van der Waals surface area contributed by atoms with Crippen LogP contribution in [0, 0.1) is 0 Å². The number of nitrogens with zero attached hydrogens (tertiary/aromatic N) is 4. The Morgan fingerprint density at radius 3 is 2.66 bits per heavy atom. The van der Waals surface area contributed by atoms with Crippen molar-refractivity contribution in [1.29, 1.82) is 0 Å². The molecule has 0 radical (unpaired) electrons. The van der Waals surface area contributed by atoms with E-state index in [0.29, 0.717) is 6.54 Å². The lowest BCUT2D eigenvalue weighted by molar-refractivity contribution is -0.126. The molecule has 1 aliphatic carbocycles. The zero-order valence-electron chi connectivity index (χ0n) is 15.7. The summed E-state index contributed by atoms with van der Waals surface area (Å²) in [6.07, 6.45) is 7.47. The number of pyridine rings is 1. The number of aromatic nitrogens is 3. The third kappa shape index (κ3) is 4.68. The van der Waals surface area contributed by atoms with Crippen molar-refractivity contribution in [2.75, 3.05) is 0 Å². The van der Waals surface area contributed by atoms with E-state index in [2.05, 4.69) is 19.9 Å². The Hall–Kier alpha value is -2.65. The van der Waals surface area contributed by atoms with Crippen molar-refractivity contribution in [1.82, 2.24) is 24.8 Å². The second-order valence-electron chi connectivity index (χ2n) is 6.98. The molecule has 9 heteroatoms. The van der Waals surface area contributed by atoms with Crippen molar-refractivity contribution >= 4 is 34.7 Å². The van der Waals surface area contributed by atoms with Crippen molar-refractivity contribution in [2.24, 2.45) is 0 Å². The molecule has 0 aliphatic heterocycles. The molecule has 7 nitrogen and oxygen atoms in total. The number of nitrogens with one attached hydrogen (secondary N) is 1. The van der Waals surface area contributed by atoms with Crippen molar-refractivity contribution in [3.8, 4) is 0 Å². The van der Waals surface area contributed by atoms with Crippen LogP contribution >= 0.6 is 22.9 Å². The molecule has 3 aromatic rings. The van der Waals surface area contributed by atoms with Gasteiger partial charge in [-0.3, -0.25) is 14.6 Å². The Balaban J connectivity index is 1.70. The van der Waals surface area contributed by atoms with E-state index in [1.807, 2.05) is 17.5 Å². The molecule has 0 spiro atoms. The van der Waals surface area contributed by atoms with Crippen molar-refractivity contribution in [3.05, 3.63) is 63.6 Å². The monoisotopic (exact) mass is 427 g/mol. The van der Waals surface area contributed by atoms with E-state index < -0.39 is 6.04 Å². The van der Waals surface area contributed by atoms with Crippen LogP contribution in [0.25, 0.3) is 0 Å². The zero-order chi connectivity index (χ0) is 20.1. The fraction of sp³-hybridized carbons (Fsp3) is 0.350. The number of carbonyl (C=O) groups excluding carboxylic acids is 2. The molecule has 150 valence electrons. The summed E-state index contributed by atoms with van der Waals surface area (Å²) in [5.74, 6) is -0.480. The zero-order valence-corrected chi connectivity index (χ0v) is 17.4. The molecule has 4 rings (SSSR count). The second-order valence-corrected chi connectivity index (χ2v) is 8.62. The molecule has 0 saturated heterocycles. The van der Waals surface area contributed by atoms with Crippen LogP contribution in [-0.4, -0.2) is 37.3 Å². The maximum atomic E-state index is 13.4. The topological polar surface area (TPSA) is 88.1 Å². The lowest BCUT2D eigenvalue weighted by Crippen LogP contribution is -2.45. The number of rotatable bonds is 7. The van der Waals surface area contributed by atoms with Gasteiger partial charge in [0.25, 0.3) is 5.91 Å². The molecule has 1 fully saturated rings. The van der Waals surface area contributed by atoms with E-state index in [-0.39, 0.29) is 23.6 Å². The van der Waals surface area contributed by atoms with E-state index >= 15 is 0 Å². The molecule has 1 atom stereocenters. The van der Waals surface area contributed by atoms with Crippen LogP contribution in [0.4, 0.5) is 0 Å². The summed E-state index contributed by atoms with van der Waals surface area (Å²) in [6.45, 7) is 0.319. The molecule has 0 unspecified atom stereocenters. The summed E-state index contributed by atoms with van der Waals surface area (Å²) < 4.78 is 3.82. The minimum absolute atomic E-state index is 0.159. The highest BCUT2D eigenvalue weighted by Gasteiger charge is 2.34. The van der Waals surface area contributed by atoms with Gasteiger partial charge in [0, 0.05) is 28.7 Å². The first kappa shape index (κ1) is 19.7. The Labute approximate surface area is 177 Å². The van der Waals surface area contributed by atoms with Crippen LogP contribution in [0.2, 0.25) is 0 Å². The third-order valence-electron chi connectivity index (χ3n) is 5.03. The Kier molecular flexibility index (Phi) is 6.26. The van der Waals surface area contributed by atoms with E-state index in [1.54, 1.807) is 46.1 Å². The number of amides is 2. The van der Waals surface area contributed by atoms with Crippen molar-refractivity contribution in [3.63, 3.8) is 0 Å². The van der Waals surface area contributed by atoms with Gasteiger partial charge in [0.2, 0.25) is 5.91 Å². The molecular formula is C20H21N5O2S2. The highest BCUT2D eigenvalue weighted by atomic mass is 32.1. The standard InChI is InChI=1S/C20H21N5O2S2/c26-19(22-15-4-1-2-5-15)18(14-7-9-21-10-8-14)25(12-16-6-3-11-28-16)20(27)17-13-29-24-23-17/h3,6-11,13,15,18H,1-2,4-5,12H2,(H,22,26)/t18-/m0/s1. The molecule has 2 amide bonds. The molecule has 1 saturated carbocycles. The lowest BCUT2D eigenvalue weighted by atomic mass is 10.0. The summed E-state index contributed by atoms with van der Waals surface area (Å²) in [6, 6.07) is 6.86. The minimum Gasteiger partial charge on any atom is -0.351 e. The highest BCUT2D eigenvalue weighted by molar-refractivity contribution is 7.09. The first-order valence-corrected chi connectivity index (χ1v) is 11.2. The fourth-order valence-corrected chi connectivity index (χ4v) is 4.76. The van der Waals surface area contributed by atoms with Crippen molar-refractivity contribution in [2.45, 2.75) is 44.3 Å². The van der Waals surface area contributed by atoms with E-state index in [1.165, 1.54) is 0 Å². The molecule has 29 heavy (non-hydrogen) atoms. The van der Waals surface area contributed by atoms with E-state index in [9.17, 15) is 9.59 Å². The van der Waals surface area contributed by atoms with Gasteiger partial charge in [0.05, 0.1) is 6.54 Å². The summed E-state index contributed by atoms with van der Waals surface area (Å²) in [4.78, 5) is 33.4. The predicted molar refractivity (Wildman–Crippen MR) is 111 cm³/mol. The van der Waals surface area contributed by atoms with Crippen molar-refractivity contribution < 1.29 is 9.59 Å². The van der Waals surface area contributed by atoms with Gasteiger partial charge in [-0.15, -0.1) is 16.4 Å². The fourth-order valence-electron chi connectivity index (χ4n) is 3.62. The van der Waals surface area contributed by atoms with Gasteiger partial charge in [0.1, 0.15) is 6.04 Å². The second kappa shape index (κ2) is 9.23. The van der Waals surface area contributed by atoms with Gasteiger partial charge < -0.3 is 10.2 Å². The maximum absolute atomic E-state index is 13.4. The molecule has 1 N–H and O–H groups in total. The molecule has 0 bridgehead atoms. The summed E-state index contributed by atoms with van der Waals surface area (Å²) in [7, 11) is 0. The van der Waals surface area contributed by atoms with Crippen LogP contribution < -0.4 is 5.32 Å². The lowest BCUT2D eigenvalue weighted by Gasteiger charge is -2.31. The molecule has 0 aromatic carbocycles. The molecule has 3 aromatic heterocycles. The average Bonchev–Trinajstić information content (AvgIpc) is 3.51. The third-order valence-corrected chi connectivity index (χ3v) is 6.40. The van der Waals surface area contributed by atoms with Crippen LogP contribution in [0.15, 0.2) is 47.4 Å². The average molecular weight is 428 g/mol. The van der Waals surface area contributed by atoms with Crippen LogP contribution in [-0.2, 0) is 11.3 Å². The predicted octanol–water partition coefficient (Wildman–Crippen LogP) is 3.44. The van der Waals surface area contributed by atoms with Gasteiger partial charge in [-0.25, -0.2) is 0 Å². The van der Waals surface area contributed by atoms with Crippen LogP contribution in [0.3, 0.4) is 0 Å².